The number of hydrogen-bond donors (Lipinski definition) is 2. The number of rotatable bonds is 7. The fraction of sp³-hybridized carbons (Fsp3) is 0.462. The average molecular weight is 293 g/mol. The molecule has 2 N–H and O–H groups in total. The summed E-state index contributed by atoms with van der Waals surface area (Å²) in [6, 6.07) is 0. The quantitative estimate of drug-likeness (QED) is 0.816. The Kier molecular flexibility index (Phi) is 5.11. The molecule has 0 aromatic carbocycles. The van der Waals surface area contributed by atoms with Crippen LogP contribution < -0.4 is 15.4 Å². The molecule has 0 radical (unpaired) electrons. The van der Waals surface area contributed by atoms with E-state index >= 15 is 0 Å². The maximum absolute atomic E-state index is 5.37. The zero-order valence-electron chi connectivity index (χ0n) is 11.9. The minimum atomic E-state index is 0.642. The highest BCUT2D eigenvalue weighted by Gasteiger charge is 2.11. The molecular formula is C13H19N5OS. The molecule has 0 unspecified atom stereocenters. The Morgan fingerprint density at radius 3 is 2.60 bits per heavy atom. The Balaban J connectivity index is 1.99. The lowest BCUT2D eigenvalue weighted by Gasteiger charge is -2.13. The number of aromatic nitrogens is 3. The normalized spacial score (nSPS) is 10.3. The van der Waals surface area contributed by atoms with E-state index in [0.717, 1.165) is 30.2 Å². The molecule has 108 valence electrons. The SMILES string of the molecule is CCNc1ncnc(NCCc2csc(C)n2)c1OC. The topological polar surface area (TPSA) is 72.0 Å². The molecule has 0 atom stereocenters. The van der Waals surface area contributed by atoms with Crippen LogP contribution in [-0.4, -0.2) is 35.2 Å². The van der Waals surface area contributed by atoms with Crippen LogP contribution in [0, 0.1) is 6.92 Å². The summed E-state index contributed by atoms with van der Waals surface area (Å²) in [6.07, 6.45) is 2.38. The highest BCUT2D eigenvalue weighted by Crippen LogP contribution is 2.28. The van der Waals surface area contributed by atoms with E-state index in [1.807, 2.05) is 13.8 Å². The molecular weight excluding hydrogens is 274 g/mol. The van der Waals surface area contributed by atoms with Gasteiger partial charge in [0.15, 0.2) is 11.6 Å². The van der Waals surface area contributed by atoms with Gasteiger partial charge in [0.05, 0.1) is 17.8 Å². The van der Waals surface area contributed by atoms with E-state index in [4.69, 9.17) is 4.74 Å². The highest BCUT2D eigenvalue weighted by molar-refractivity contribution is 7.09. The van der Waals surface area contributed by atoms with E-state index in [1.165, 1.54) is 6.33 Å². The van der Waals surface area contributed by atoms with Crippen molar-refractivity contribution >= 4 is 23.0 Å². The summed E-state index contributed by atoms with van der Waals surface area (Å²) in [7, 11) is 1.62. The summed E-state index contributed by atoms with van der Waals surface area (Å²) in [5.74, 6) is 2.05. The number of nitrogens with one attached hydrogen (secondary N) is 2. The second kappa shape index (κ2) is 7.04. The summed E-state index contributed by atoms with van der Waals surface area (Å²) in [4.78, 5) is 12.8. The van der Waals surface area contributed by atoms with Gasteiger partial charge < -0.3 is 15.4 Å². The largest absolute Gasteiger partial charge is 0.490 e. The monoisotopic (exact) mass is 293 g/mol. The summed E-state index contributed by atoms with van der Waals surface area (Å²) in [5, 5.41) is 9.59. The van der Waals surface area contributed by atoms with Crippen LogP contribution >= 0.6 is 11.3 Å². The van der Waals surface area contributed by atoms with Gasteiger partial charge in [-0.25, -0.2) is 15.0 Å². The van der Waals surface area contributed by atoms with E-state index in [9.17, 15) is 0 Å². The summed E-state index contributed by atoms with van der Waals surface area (Å²) in [5.41, 5.74) is 1.10. The Hall–Kier alpha value is -1.89. The third-order valence-electron chi connectivity index (χ3n) is 2.69. The van der Waals surface area contributed by atoms with E-state index in [1.54, 1.807) is 18.4 Å². The number of methoxy groups -OCH3 is 1. The molecule has 2 rings (SSSR count). The van der Waals surface area contributed by atoms with Gasteiger partial charge in [-0.3, -0.25) is 0 Å². The third kappa shape index (κ3) is 3.57. The van der Waals surface area contributed by atoms with Crippen molar-refractivity contribution in [1.29, 1.82) is 0 Å². The van der Waals surface area contributed by atoms with Gasteiger partial charge in [0.2, 0.25) is 5.75 Å². The van der Waals surface area contributed by atoms with Gasteiger partial charge in [0.25, 0.3) is 0 Å². The first-order chi connectivity index (χ1) is 9.74. The molecule has 0 aliphatic heterocycles. The first kappa shape index (κ1) is 14.5. The van der Waals surface area contributed by atoms with Gasteiger partial charge in [-0.15, -0.1) is 11.3 Å². The number of ether oxygens (including phenoxy) is 1. The van der Waals surface area contributed by atoms with E-state index in [0.29, 0.717) is 17.4 Å². The van der Waals surface area contributed by atoms with Gasteiger partial charge in [0, 0.05) is 24.9 Å². The lowest BCUT2D eigenvalue weighted by molar-refractivity contribution is 0.414. The van der Waals surface area contributed by atoms with Crippen molar-refractivity contribution in [3.8, 4) is 5.75 Å². The van der Waals surface area contributed by atoms with Crippen molar-refractivity contribution in [3.63, 3.8) is 0 Å². The van der Waals surface area contributed by atoms with Crippen LogP contribution in [0.2, 0.25) is 0 Å². The molecule has 0 aliphatic rings. The molecule has 0 saturated heterocycles. The van der Waals surface area contributed by atoms with Gasteiger partial charge in [-0.1, -0.05) is 0 Å². The molecule has 20 heavy (non-hydrogen) atoms. The summed E-state index contributed by atoms with van der Waals surface area (Å²) < 4.78 is 5.37. The molecule has 6 nitrogen and oxygen atoms in total. The van der Waals surface area contributed by atoms with Crippen molar-refractivity contribution in [2.45, 2.75) is 20.3 Å². The number of aryl methyl sites for hydroxylation is 1. The second-order valence-corrected chi connectivity index (χ2v) is 5.23. The van der Waals surface area contributed by atoms with Crippen molar-refractivity contribution in [2.75, 3.05) is 30.8 Å². The van der Waals surface area contributed by atoms with E-state index in [-0.39, 0.29) is 0 Å². The Morgan fingerprint density at radius 1 is 1.25 bits per heavy atom. The minimum absolute atomic E-state index is 0.642. The highest BCUT2D eigenvalue weighted by atomic mass is 32.1. The fourth-order valence-corrected chi connectivity index (χ4v) is 2.47. The molecule has 0 saturated carbocycles. The van der Waals surface area contributed by atoms with Crippen molar-refractivity contribution in [1.82, 2.24) is 15.0 Å². The number of hydrogen-bond acceptors (Lipinski definition) is 7. The Labute approximate surface area is 122 Å². The van der Waals surface area contributed by atoms with Crippen LogP contribution in [0.25, 0.3) is 0 Å². The van der Waals surface area contributed by atoms with Gasteiger partial charge in [-0.05, 0) is 13.8 Å². The molecule has 0 aliphatic carbocycles. The molecule has 0 amide bonds. The van der Waals surface area contributed by atoms with Gasteiger partial charge in [0.1, 0.15) is 6.33 Å². The fourth-order valence-electron chi connectivity index (χ4n) is 1.82. The summed E-state index contributed by atoms with van der Waals surface area (Å²) in [6.45, 7) is 5.56. The first-order valence-corrected chi connectivity index (χ1v) is 7.40. The molecule has 2 aromatic rings. The van der Waals surface area contributed by atoms with E-state index < -0.39 is 0 Å². The van der Waals surface area contributed by atoms with Gasteiger partial charge >= 0.3 is 0 Å². The Morgan fingerprint density at radius 2 is 2.00 bits per heavy atom. The minimum Gasteiger partial charge on any atom is -0.490 e. The first-order valence-electron chi connectivity index (χ1n) is 6.52. The van der Waals surface area contributed by atoms with Crippen LogP contribution in [-0.2, 0) is 6.42 Å². The van der Waals surface area contributed by atoms with Crippen LogP contribution in [0.15, 0.2) is 11.7 Å². The second-order valence-electron chi connectivity index (χ2n) is 4.17. The maximum Gasteiger partial charge on any atom is 0.204 e. The molecule has 0 fully saturated rings. The van der Waals surface area contributed by atoms with Crippen molar-refractivity contribution in [2.24, 2.45) is 0 Å². The number of anilines is 2. The lowest BCUT2D eigenvalue weighted by Crippen LogP contribution is -2.10. The molecule has 0 bridgehead atoms. The molecule has 2 heterocycles. The predicted octanol–water partition coefficient (Wildman–Crippen LogP) is 2.34. The number of nitrogens with zero attached hydrogens (tertiary/aromatic N) is 3. The standard InChI is InChI=1S/C13H19N5OS/c1-4-14-12-11(19-3)13(17-8-16-12)15-6-5-10-7-20-9(2)18-10/h7-8H,4-6H2,1-3H3,(H2,14,15,16,17). The smallest absolute Gasteiger partial charge is 0.204 e. The third-order valence-corrected chi connectivity index (χ3v) is 3.51. The van der Waals surface area contributed by atoms with Crippen molar-refractivity contribution in [3.05, 3.63) is 22.4 Å². The van der Waals surface area contributed by atoms with E-state index in [2.05, 4.69) is 31.0 Å². The molecule has 2 aromatic heterocycles. The lowest BCUT2D eigenvalue weighted by atomic mass is 10.3. The maximum atomic E-state index is 5.37. The zero-order chi connectivity index (χ0) is 14.4. The summed E-state index contributed by atoms with van der Waals surface area (Å²) >= 11 is 1.67. The Bertz CT molecular complexity index is 557. The van der Waals surface area contributed by atoms with Crippen LogP contribution in [0.1, 0.15) is 17.6 Å². The van der Waals surface area contributed by atoms with Crippen molar-refractivity contribution < 1.29 is 4.74 Å². The predicted molar refractivity (Wildman–Crippen MR) is 81.8 cm³/mol. The number of thiazole rings is 1. The molecule has 0 spiro atoms. The molecule has 7 heteroatoms. The average Bonchev–Trinajstić information content (AvgIpc) is 2.85. The van der Waals surface area contributed by atoms with Crippen LogP contribution in [0.5, 0.6) is 5.75 Å². The van der Waals surface area contributed by atoms with Crippen LogP contribution in [0.3, 0.4) is 0 Å². The van der Waals surface area contributed by atoms with Gasteiger partial charge in [-0.2, -0.15) is 0 Å². The zero-order valence-corrected chi connectivity index (χ0v) is 12.8. The van der Waals surface area contributed by atoms with Crippen LogP contribution in [0.4, 0.5) is 11.6 Å².